The lowest BCUT2D eigenvalue weighted by molar-refractivity contribution is -0.121. The SMILES string of the molecule is CC(C)N1CCN(c2ccc(-n3cc(CNC(=O)C4=CCC(Cl)S4)nn3)cc2)C(=O)C1. The van der Waals surface area contributed by atoms with Crippen LogP contribution in [-0.4, -0.2) is 62.1 Å². The number of halogens is 1. The Morgan fingerprint density at radius 3 is 2.65 bits per heavy atom. The highest BCUT2D eigenvalue weighted by molar-refractivity contribution is 8.05. The van der Waals surface area contributed by atoms with Crippen LogP contribution in [0.3, 0.4) is 0 Å². The van der Waals surface area contributed by atoms with Crippen LogP contribution in [0.5, 0.6) is 0 Å². The number of hydrogen-bond donors (Lipinski definition) is 1. The van der Waals surface area contributed by atoms with E-state index < -0.39 is 0 Å². The van der Waals surface area contributed by atoms with Gasteiger partial charge in [-0.1, -0.05) is 11.3 Å². The van der Waals surface area contributed by atoms with E-state index in [4.69, 9.17) is 11.6 Å². The van der Waals surface area contributed by atoms with Gasteiger partial charge in [-0.15, -0.1) is 28.5 Å². The number of rotatable bonds is 6. The molecule has 3 heterocycles. The zero-order chi connectivity index (χ0) is 22.0. The molecule has 164 valence electrons. The van der Waals surface area contributed by atoms with Gasteiger partial charge in [0.15, 0.2) is 0 Å². The van der Waals surface area contributed by atoms with E-state index in [1.54, 1.807) is 10.9 Å². The molecule has 2 aliphatic rings. The van der Waals surface area contributed by atoms with Crippen molar-refractivity contribution in [1.29, 1.82) is 0 Å². The molecule has 31 heavy (non-hydrogen) atoms. The Balaban J connectivity index is 1.35. The molecule has 8 nitrogen and oxygen atoms in total. The van der Waals surface area contributed by atoms with Crippen LogP contribution < -0.4 is 10.2 Å². The molecule has 1 unspecified atom stereocenters. The Hall–Kier alpha value is -2.36. The number of hydrogen-bond acceptors (Lipinski definition) is 6. The second-order valence-electron chi connectivity index (χ2n) is 7.80. The van der Waals surface area contributed by atoms with Crippen molar-refractivity contribution >= 4 is 40.9 Å². The average Bonchev–Trinajstić information content (AvgIpc) is 3.41. The van der Waals surface area contributed by atoms with Gasteiger partial charge in [-0.05, 0) is 44.5 Å². The maximum atomic E-state index is 12.5. The number of nitrogens with zero attached hydrogens (tertiary/aromatic N) is 5. The number of anilines is 1. The van der Waals surface area contributed by atoms with Crippen molar-refractivity contribution in [2.75, 3.05) is 24.5 Å². The molecule has 2 aromatic rings. The number of alkyl halides is 1. The molecule has 4 rings (SSSR count). The number of thioether (sulfide) groups is 1. The monoisotopic (exact) mass is 460 g/mol. The fraction of sp³-hybridized carbons (Fsp3) is 0.429. The third-order valence-corrected chi connectivity index (χ3v) is 6.84. The van der Waals surface area contributed by atoms with Crippen molar-refractivity contribution < 1.29 is 9.59 Å². The second kappa shape index (κ2) is 9.42. The number of carbonyl (C=O) groups is 2. The average molecular weight is 461 g/mol. The summed E-state index contributed by atoms with van der Waals surface area (Å²) in [5.74, 6) is -0.0307. The van der Waals surface area contributed by atoms with E-state index in [0.717, 1.165) is 17.9 Å². The quantitative estimate of drug-likeness (QED) is 0.667. The fourth-order valence-corrected chi connectivity index (χ4v) is 4.75. The Labute approximate surface area is 190 Å². The Morgan fingerprint density at radius 2 is 2.00 bits per heavy atom. The summed E-state index contributed by atoms with van der Waals surface area (Å²) < 4.78 is 1.58. The number of aromatic nitrogens is 3. The molecule has 0 bridgehead atoms. The molecule has 0 spiro atoms. The Morgan fingerprint density at radius 1 is 1.26 bits per heavy atom. The van der Waals surface area contributed by atoms with E-state index in [9.17, 15) is 9.59 Å². The molecule has 10 heteroatoms. The fourth-order valence-electron chi connectivity index (χ4n) is 3.53. The summed E-state index contributed by atoms with van der Waals surface area (Å²) in [5.41, 5.74) is 2.37. The molecule has 1 N–H and O–H groups in total. The summed E-state index contributed by atoms with van der Waals surface area (Å²) >= 11 is 7.38. The molecule has 1 fully saturated rings. The molecule has 1 saturated heterocycles. The summed E-state index contributed by atoms with van der Waals surface area (Å²) in [5, 5.41) is 11.1. The predicted molar refractivity (Wildman–Crippen MR) is 122 cm³/mol. The lowest BCUT2D eigenvalue weighted by Crippen LogP contribution is -2.52. The number of allylic oxidation sites excluding steroid dienone is 1. The van der Waals surface area contributed by atoms with Crippen LogP contribution in [0.25, 0.3) is 5.69 Å². The minimum absolute atomic E-state index is 0.0704. The highest BCUT2D eigenvalue weighted by Crippen LogP contribution is 2.34. The lowest BCUT2D eigenvalue weighted by Gasteiger charge is -2.36. The lowest BCUT2D eigenvalue weighted by atomic mass is 10.2. The maximum Gasteiger partial charge on any atom is 0.257 e. The molecule has 1 aromatic heterocycles. The molecule has 0 aliphatic carbocycles. The maximum absolute atomic E-state index is 12.5. The Kier molecular flexibility index (Phi) is 6.64. The zero-order valence-corrected chi connectivity index (χ0v) is 19.1. The van der Waals surface area contributed by atoms with Gasteiger partial charge < -0.3 is 10.2 Å². The highest BCUT2D eigenvalue weighted by atomic mass is 35.5. The molecule has 1 atom stereocenters. The van der Waals surface area contributed by atoms with Gasteiger partial charge in [-0.2, -0.15) is 0 Å². The van der Waals surface area contributed by atoms with E-state index in [0.29, 0.717) is 36.2 Å². The first-order valence-corrected chi connectivity index (χ1v) is 11.6. The minimum atomic E-state index is -0.144. The van der Waals surface area contributed by atoms with Crippen LogP contribution >= 0.6 is 23.4 Å². The number of benzene rings is 1. The van der Waals surface area contributed by atoms with Crippen molar-refractivity contribution in [3.8, 4) is 5.69 Å². The smallest absolute Gasteiger partial charge is 0.257 e. The van der Waals surface area contributed by atoms with Gasteiger partial charge in [-0.3, -0.25) is 14.5 Å². The van der Waals surface area contributed by atoms with Crippen LogP contribution in [-0.2, 0) is 16.1 Å². The zero-order valence-electron chi connectivity index (χ0n) is 17.5. The van der Waals surface area contributed by atoms with E-state index in [2.05, 4.69) is 34.4 Å². The number of piperazine rings is 1. The first-order valence-electron chi connectivity index (χ1n) is 10.3. The van der Waals surface area contributed by atoms with Gasteiger partial charge in [-0.25, -0.2) is 4.68 Å². The van der Waals surface area contributed by atoms with Gasteiger partial charge in [0.05, 0.1) is 34.6 Å². The third-order valence-electron chi connectivity index (χ3n) is 5.34. The highest BCUT2D eigenvalue weighted by Gasteiger charge is 2.26. The molecule has 2 amide bonds. The van der Waals surface area contributed by atoms with Gasteiger partial charge in [0, 0.05) is 24.8 Å². The van der Waals surface area contributed by atoms with E-state index in [-0.39, 0.29) is 23.1 Å². The number of nitrogens with one attached hydrogen (secondary N) is 1. The first-order chi connectivity index (χ1) is 14.9. The normalized spacial score (nSPS) is 19.7. The van der Waals surface area contributed by atoms with Gasteiger partial charge in [0.1, 0.15) is 5.69 Å². The first kappa shape index (κ1) is 21.9. The van der Waals surface area contributed by atoms with Crippen LogP contribution in [0.4, 0.5) is 5.69 Å². The van der Waals surface area contributed by atoms with Gasteiger partial charge in [0.25, 0.3) is 5.91 Å². The second-order valence-corrected chi connectivity index (χ2v) is 9.83. The van der Waals surface area contributed by atoms with Crippen molar-refractivity contribution in [3.05, 3.63) is 47.1 Å². The summed E-state index contributed by atoms with van der Waals surface area (Å²) in [6.45, 7) is 6.49. The summed E-state index contributed by atoms with van der Waals surface area (Å²) in [4.78, 5) is 29.3. The van der Waals surface area contributed by atoms with E-state index in [1.165, 1.54) is 11.8 Å². The van der Waals surface area contributed by atoms with Crippen LogP contribution in [0.2, 0.25) is 0 Å². The minimum Gasteiger partial charge on any atom is -0.346 e. The van der Waals surface area contributed by atoms with Crippen LogP contribution in [0.15, 0.2) is 41.4 Å². The number of amides is 2. The molecule has 0 saturated carbocycles. The van der Waals surface area contributed by atoms with Gasteiger partial charge >= 0.3 is 0 Å². The number of carbonyl (C=O) groups excluding carboxylic acids is 2. The summed E-state index contributed by atoms with van der Waals surface area (Å²) in [6.07, 6.45) is 4.33. The standard InChI is InChI=1S/C21H25ClN6O2S/c1-14(2)26-9-10-27(20(29)13-26)16-3-5-17(6-4-16)28-12-15(24-25-28)11-23-21(30)18-7-8-19(22)31-18/h3-7,12,14,19H,8-11,13H2,1-2H3,(H,23,30). The van der Waals surface area contributed by atoms with Gasteiger partial charge in [0.2, 0.25) is 5.91 Å². The Bertz CT molecular complexity index is 990. The summed E-state index contributed by atoms with van der Waals surface area (Å²) in [6, 6.07) is 8.04. The van der Waals surface area contributed by atoms with Crippen molar-refractivity contribution in [3.63, 3.8) is 0 Å². The molecule has 0 radical (unpaired) electrons. The molecular weight excluding hydrogens is 436 g/mol. The van der Waals surface area contributed by atoms with Crippen LogP contribution in [0.1, 0.15) is 26.0 Å². The molecule has 2 aliphatic heterocycles. The van der Waals surface area contributed by atoms with Crippen molar-refractivity contribution in [2.45, 2.75) is 37.6 Å². The van der Waals surface area contributed by atoms with Crippen molar-refractivity contribution in [1.82, 2.24) is 25.2 Å². The molecular formula is C21H25ClN6O2S. The summed E-state index contributed by atoms with van der Waals surface area (Å²) in [7, 11) is 0. The predicted octanol–water partition coefficient (Wildman–Crippen LogP) is 2.53. The van der Waals surface area contributed by atoms with E-state index >= 15 is 0 Å². The molecule has 1 aromatic carbocycles. The third kappa shape index (κ3) is 5.11. The van der Waals surface area contributed by atoms with Crippen LogP contribution in [0, 0.1) is 0 Å². The topological polar surface area (TPSA) is 83.4 Å². The van der Waals surface area contributed by atoms with Crippen molar-refractivity contribution in [2.24, 2.45) is 0 Å². The van der Waals surface area contributed by atoms with E-state index in [1.807, 2.05) is 35.2 Å². The largest absolute Gasteiger partial charge is 0.346 e.